The summed E-state index contributed by atoms with van der Waals surface area (Å²) in [6.07, 6.45) is 6.12. The van der Waals surface area contributed by atoms with Crippen LogP contribution in [-0.4, -0.2) is 39.2 Å². The maximum Gasteiger partial charge on any atom is 0.155 e. The topological polar surface area (TPSA) is 65.1 Å². The van der Waals surface area contributed by atoms with Crippen molar-refractivity contribution in [3.8, 4) is 6.07 Å². The van der Waals surface area contributed by atoms with Crippen LogP contribution < -0.4 is 0 Å². The molecule has 0 bridgehead atoms. The molecular formula is C19H24N4O. The summed E-state index contributed by atoms with van der Waals surface area (Å²) in [4.78, 5) is 6.69. The van der Waals surface area contributed by atoms with Crippen LogP contribution >= 0.6 is 0 Å². The lowest BCUT2D eigenvalue weighted by atomic mass is 9.94. The van der Waals surface area contributed by atoms with Crippen molar-refractivity contribution in [2.75, 3.05) is 13.6 Å². The number of para-hydroxylation sites is 2. The number of nitrogens with zero attached hydrogens (tertiary/aromatic N) is 4. The molecule has 1 N–H and O–H groups in total. The van der Waals surface area contributed by atoms with Gasteiger partial charge < -0.3 is 9.67 Å². The third-order valence-corrected chi connectivity index (χ3v) is 5.01. The van der Waals surface area contributed by atoms with Crippen molar-refractivity contribution in [1.82, 2.24) is 14.5 Å². The van der Waals surface area contributed by atoms with Crippen molar-refractivity contribution >= 4 is 16.6 Å². The molecule has 1 heterocycles. The highest BCUT2D eigenvalue weighted by Gasteiger charge is 2.22. The molecule has 24 heavy (non-hydrogen) atoms. The zero-order chi connectivity index (χ0) is 17.1. The van der Waals surface area contributed by atoms with Gasteiger partial charge in [0, 0.05) is 13.1 Å². The average Bonchev–Trinajstić information content (AvgIpc) is 2.93. The number of benzene rings is 1. The smallest absolute Gasteiger partial charge is 0.155 e. The molecule has 3 rings (SSSR count). The summed E-state index contributed by atoms with van der Waals surface area (Å²) in [5.41, 5.74) is 2.04. The Labute approximate surface area is 142 Å². The van der Waals surface area contributed by atoms with Crippen molar-refractivity contribution in [1.29, 1.82) is 5.26 Å². The summed E-state index contributed by atoms with van der Waals surface area (Å²) < 4.78 is 1.87. The molecule has 5 heteroatoms. The molecule has 0 radical (unpaired) electrons. The Morgan fingerprint density at radius 3 is 2.71 bits per heavy atom. The number of hydrogen-bond donors (Lipinski definition) is 1. The molecule has 1 saturated carbocycles. The van der Waals surface area contributed by atoms with Crippen molar-refractivity contribution in [3.63, 3.8) is 0 Å². The first-order valence-electron chi connectivity index (χ1n) is 8.56. The van der Waals surface area contributed by atoms with Crippen LogP contribution in [0.5, 0.6) is 0 Å². The van der Waals surface area contributed by atoms with Gasteiger partial charge in [0.25, 0.3) is 0 Å². The van der Waals surface area contributed by atoms with E-state index in [1.54, 1.807) is 0 Å². The highest BCUT2D eigenvalue weighted by molar-refractivity contribution is 5.83. The first-order chi connectivity index (χ1) is 11.6. The predicted molar refractivity (Wildman–Crippen MR) is 95.4 cm³/mol. The Balaban J connectivity index is 1.89. The molecule has 1 aromatic carbocycles. The number of imidazole rings is 1. The Morgan fingerprint density at radius 2 is 2.04 bits per heavy atom. The standard InChI is InChI=1S/C19H24N4O/c1-22(14-8-4-3-5-9-14)13-18(24)15(12-20)19-21-16-10-6-7-11-17(16)23(19)2/h6-7,10-11,14,24H,3-5,8-9,13H2,1-2H3. The molecule has 1 aliphatic rings. The first kappa shape index (κ1) is 16.5. The molecule has 0 amide bonds. The van der Waals surface area contributed by atoms with Gasteiger partial charge in [-0.25, -0.2) is 4.98 Å². The lowest BCUT2D eigenvalue weighted by Crippen LogP contribution is -2.35. The summed E-state index contributed by atoms with van der Waals surface area (Å²) in [5, 5.41) is 20.2. The van der Waals surface area contributed by atoms with E-state index in [0.717, 1.165) is 23.9 Å². The number of aliphatic hydroxyl groups is 1. The second-order valence-electron chi connectivity index (χ2n) is 6.62. The molecule has 1 aromatic heterocycles. The van der Waals surface area contributed by atoms with Crippen molar-refractivity contribution in [2.45, 2.75) is 38.1 Å². The summed E-state index contributed by atoms with van der Waals surface area (Å²) in [6.45, 7) is 0.386. The van der Waals surface area contributed by atoms with Crippen LogP contribution in [-0.2, 0) is 7.05 Å². The lowest BCUT2D eigenvalue weighted by Gasteiger charge is -2.30. The monoisotopic (exact) mass is 324 g/mol. The van der Waals surface area contributed by atoms with Gasteiger partial charge in [-0.2, -0.15) is 5.26 Å². The normalized spacial score (nSPS) is 17.1. The molecule has 0 aliphatic heterocycles. The van der Waals surface area contributed by atoms with E-state index in [4.69, 9.17) is 0 Å². The van der Waals surface area contributed by atoms with Crippen LogP contribution in [0.4, 0.5) is 0 Å². The van der Waals surface area contributed by atoms with Crippen molar-refractivity contribution in [3.05, 3.63) is 35.8 Å². The summed E-state index contributed by atoms with van der Waals surface area (Å²) in [5.74, 6) is 0.622. The number of nitriles is 1. The van der Waals surface area contributed by atoms with E-state index < -0.39 is 0 Å². The quantitative estimate of drug-likeness (QED) is 0.689. The molecule has 1 fully saturated rings. The number of fused-ring (bicyclic) bond motifs is 1. The lowest BCUT2D eigenvalue weighted by molar-refractivity contribution is 0.184. The van der Waals surface area contributed by atoms with Crippen LogP contribution in [0.1, 0.15) is 37.9 Å². The molecule has 126 valence electrons. The summed E-state index contributed by atoms with van der Waals surface area (Å²) >= 11 is 0. The molecule has 0 unspecified atom stereocenters. The van der Waals surface area contributed by atoms with Crippen LogP contribution in [0.2, 0.25) is 0 Å². The summed E-state index contributed by atoms with van der Waals surface area (Å²) in [6, 6.07) is 10.4. The Morgan fingerprint density at radius 1 is 1.33 bits per heavy atom. The minimum Gasteiger partial charge on any atom is -0.509 e. The fraction of sp³-hybridized carbons (Fsp3) is 0.474. The number of aryl methyl sites for hydroxylation is 1. The van der Waals surface area contributed by atoms with E-state index in [2.05, 4.69) is 16.0 Å². The van der Waals surface area contributed by atoms with E-state index in [9.17, 15) is 10.4 Å². The van der Waals surface area contributed by atoms with Gasteiger partial charge >= 0.3 is 0 Å². The summed E-state index contributed by atoms with van der Waals surface area (Å²) in [7, 11) is 3.90. The van der Waals surface area contributed by atoms with Crippen molar-refractivity contribution in [2.24, 2.45) is 7.05 Å². The zero-order valence-corrected chi connectivity index (χ0v) is 14.4. The second kappa shape index (κ2) is 7.06. The Hall–Kier alpha value is -2.32. The molecule has 0 saturated heterocycles. The highest BCUT2D eigenvalue weighted by atomic mass is 16.3. The van der Waals surface area contributed by atoms with Crippen LogP contribution in [0.15, 0.2) is 30.0 Å². The van der Waals surface area contributed by atoms with Gasteiger partial charge in [0.15, 0.2) is 5.82 Å². The van der Waals surface area contributed by atoms with Crippen LogP contribution in [0, 0.1) is 11.3 Å². The fourth-order valence-electron chi connectivity index (χ4n) is 3.58. The van der Waals surface area contributed by atoms with Gasteiger partial charge in [0.1, 0.15) is 17.4 Å². The number of aromatic nitrogens is 2. The van der Waals surface area contributed by atoms with Gasteiger partial charge in [0.05, 0.1) is 17.6 Å². The molecule has 5 nitrogen and oxygen atoms in total. The minimum absolute atomic E-state index is 0.101. The van der Waals surface area contributed by atoms with E-state index in [1.165, 1.54) is 19.3 Å². The van der Waals surface area contributed by atoms with Crippen LogP contribution in [0.3, 0.4) is 0 Å². The Kier molecular flexibility index (Phi) is 4.86. The molecular weight excluding hydrogens is 300 g/mol. The highest BCUT2D eigenvalue weighted by Crippen LogP contribution is 2.25. The van der Waals surface area contributed by atoms with Crippen LogP contribution in [0.25, 0.3) is 16.6 Å². The van der Waals surface area contributed by atoms with E-state index in [0.29, 0.717) is 18.4 Å². The van der Waals surface area contributed by atoms with Gasteiger partial charge in [-0.1, -0.05) is 31.4 Å². The van der Waals surface area contributed by atoms with E-state index in [1.807, 2.05) is 42.9 Å². The molecule has 1 aliphatic carbocycles. The average molecular weight is 324 g/mol. The third-order valence-electron chi connectivity index (χ3n) is 5.01. The third kappa shape index (κ3) is 3.15. The van der Waals surface area contributed by atoms with Crippen molar-refractivity contribution < 1.29 is 5.11 Å². The first-order valence-corrected chi connectivity index (χ1v) is 8.56. The number of rotatable bonds is 4. The minimum atomic E-state index is 0.101. The predicted octanol–water partition coefficient (Wildman–Crippen LogP) is 3.63. The SMILES string of the molecule is CN(CC(O)=C(C#N)c1nc2ccccc2n1C)C1CCCCC1. The van der Waals surface area contributed by atoms with Gasteiger partial charge in [0.2, 0.25) is 0 Å². The number of likely N-dealkylation sites (N-methyl/N-ethyl adjacent to an activating group) is 1. The van der Waals surface area contributed by atoms with Gasteiger partial charge in [-0.15, -0.1) is 0 Å². The van der Waals surface area contributed by atoms with Gasteiger partial charge in [-0.3, -0.25) is 4.90 Å². The Bertz CT molecular complexity index is 793. The van der Waals surface area contributed by atoms with E-state index >= 15 is 0 Å². The number of aliphatic hydroxyl groups excluding tert-OH is 1. The molecule has 0 spiro atoms. The largest absolute Gasteiger partial charge is 0.509 e. The second-order valence-corrected chi connectivity index (χ2v) is 6.62. The maximum atomic E-state index is 10.6. The molecule has 2 aromatic rings. The maximum absolute atomic E-state index is 10.6. The van der Waals surface area contributed by atoms with Gasteiger partial charge in [-0.05, 0) is 32.0 Å². The van der Waals surface area contributed by atoms with E-state index in [-0.39, 0.29) is 11.3 Å². The number of hydrogen-bond acceptors (Lipinski definition) is 4. The fourth-order valence-corrected chi connectivity index (χ4v) is 3.58. The number of allylic oxidation sites excluding steroid dienone is 1. The molecule has 0 atom stereocenters. The zero-order valence-electron chi connectivity index (χ0n) is 14.4.